The number of rotatable bonds is 5. The lowest BCUT2D eigenvalue weighted by Crippen LogP contribution is -2.05. The number of hydrogen-bond acceptors (Lipinski definition) is 5. The number of alkyl halides is 1. The molecule has 3 aromatic rings. The lowest BCUT2D eigenvalue weighted by atomic mass is 10.3. The Balaban J connectivity index is 1.99. The second-order valence-corrected chi connectivity index (χ2v) is 5.50. The van der Waals surface area contributed by atoms with Gasteiger partial charge in [0.1, 0.15) is 12.2 Å². The van der Waals surface area contributed by atoms with Crippen molar-refractivity contribution < 1.29 is 4.74 Å². The first-order chi connectivity index (χ1) is 9.83. The zero-order valence-electron chi connectivity index (χ0n) is 10.9. The highest BCUT2D eigenvalue weighted by Crippen LogP contribution is 2.23. The van der Waals surface area contributed by atoms with Crippen molar-refractivity contribution in [1.82, 2.24) is 19.5 Å². The van der Waals surface area contributed by atoms with Crippen molar-refractivity contribution in [2.75, 3.05) is 7.11 Å². The number of aryl methyl sites for hydroxylation is 2. The first kappa shape index (κ1) is 13.3. The molecule has 0 unspecified atom stereocenters. The van der Waals surface area contributed by atoms with Crippen LogP contribution in [0.3, 0.4) is 0 Å². The molecule has 3 rings (SSSR count). The van der Waals surface area contributed by atoms with Crippen LogP contribution in [-0.2, 0) is 18.8 Å². The van der Waals surface area contributed by atoms with Crippen LogP contribution in [-0.4, -0.2) is 26.6 Å². The Labute approximate surface area is 125 Å². The van der Waals surface area contributed by atoms with E-state index in [0.717, 1.165) is 24.4 Å². The van der Waals surface area contributed by atoms with Crippen LogP contribution < -0.4 is 4.74 Å². The summed E-state index contributed by atoms with van der Waals surface area (Å²) < 4.78 is 7.26. The summed E-state index contributed by atoms with van der Waals surface area (Å²) in [7, 11) is 1.58. The minimum absolute atomic E-state index is 0.337. The fourth-order valence-corrected chi connectivity index (χ4v) is 3.03. The summed E-state index contributed by atoms with van der Waals surface area (Å²) in [5.41, 5.74) is 1.43. The highest BCUT2D eigenvalue weighted by atomic mass is 35.5. The number of imidazole rings is 1. The molecule has 7 heteroatoms. The summed E-state index contributed by atoms with van der Waals surface area (Å²) in [5.74, 6) is 1.61. The van der Waals surface area contributed by atoms with Crippen molar-refractivity contribution in [2.45, 2.75) is 18.8 Å². The van der Waals surface area contributed by atoms with Gasteiger partial charge in [0.15, 0.2) is 11.2 Å². The Morgan fingerprint density at radius 1 is 1.40 bits per heavy atom. The van der Waals surface area contributed by atoms with Crippen molar-refractivity contribution in [3.05, 3.63) is 34.5 Å². The number of methoxy groups -OCH3 is 1. The van der Waals surface area contributed by atoms with Gasteiger partial charge in [-0.2, -0.15) is 4.98 Å². The fourth-order valence-electron chi connectivity index (χ4n) is 2.12. The predicted molar refractivity (Wildman–Crippen MR) is 79.5 cm³/mol. The lowest BCUT2D eigenvalue weighted by molar-refractivity contribution is 0.401. The molecule has 0 saturated carbocycles. The predicted octanol–water partition coefficient (Wildman–Crippen LogP) is 2.88. The zero-order valence-corrected chi connectivity index (χ0v) is 12.5. The van der Waals surface area contributed by atoms with Crippen molar-refractivity contribution in [3.8, 4) is 5.88 Å². The van der Waals surface area contributed by atoms with Gasteiger partial charge in [-0.15, -0.1) is 22.9 Å². The van der Waals surface area contributed by atoms with Crippen molar-refractivity contribution in [3.63, 3.8) is 0 Å². The molecule has 0 atom stereocenters. The zero-order chi connectivity index (χ0) is 13.9. The summed E-state index contributed by atoms with van der Waals surface area (Å²) in [6.07, 6.45) is 2.42. The number of hydrogen-bond donors (Lipinski definition) is 0. The SMILES string of the molecule is COc1ncnc2c1nc(CCl)n2CCc1cccs1. The third-order valence-corrected chi connectivity index (χ3v) is 4.23. The van der Waals surface area contributed by atoms with Gasteiger partial charge in [0.05, 0.1) is 13.0 Å². The number of thiophene rings is 1. The van der Waals surface area contributed by atoms with Crippen molar-refractivity contribution >= 4 is 34.1 Å². The van der Waals surface area contributed by atoms with Crippen molar-refractivity contribution in [1.29, 1.82) is 0 Å². The molecular weight excluding hydrogens is 296 g/mol. The Kier molecular flexibility index (Phi) is 3.84. The average molecular weight is 309 g/mol. The average Bonchev–Trinajstić information content (AvgIpc) is 3.11. The van der Waals surface area contributed by atoms with Gasteiger partial charge < -0.3 is 9.30 Å². The third-order valence-electron chi connectivity index (χ3n) is 3.05. The van der Waals surface area contributed by atoms with E-state index in [2.05, 4.69) is 32.5 Å². The third kappa shape index (κ3) is 2.36. The van der Waals surface area contributed by atoms with E-state index in [9.17, 15) is 0 Å². The highest BCUT2D eigenvalue weighted by Gasteiger charge is 2.15. The quantitative estimate of drug-likeness (QED) is 0.680. The van der Waals surface area contributed by atoms with Crippen LogP contribution in [0.5, 0.6) is 5.88 Å². The van der Waals surface area contributed by atoms with E-state index < -0.39 is 0 Å². The molecule has 3 heterocycles. The molecule has 0 aliphatic carbocycles. The maximum atomic E-state index is 5.99. The lowest BCUT2D eigenvalue weighted by Gasteiger charge is -2.06. The summed E-state index contributed by atoms with van der Waals surface area (Å²) in [6, 6.07) is 4.18. The van der Waals surface area contributed by atoms with Crippen LogP contribution in [0.1, 0.15) is 10.7 Å². The van der Waals surface area contributed by atoms with Crippen LogP contribution in [0.15, 0.2) is 23.8 Å². The standard InChI is InChI=1S/C13H13ClN4OS/c1-19-13-11-12(15-8-16-13)18(10(7-14)17-11)5-4-9-3-2-6-20-9/h2-3,6,8H,4-5,7H2,1H3. The van der Waals surface area contributed by atoms with Crippen molar-refractivity contribution in [2.24, 2.45) is 0 Å². The van der Waals surface area contributed by atoms with E-state index in [0.29, 0.717) is 17.3 Å². The minimum atomic E-state index is 0.337. The summed E-state index contributed by atoms with van der Waals surface area (Å²) in [6.45, 7) is 0.791. The summed E-state index contributed by atoms with van der Waals surface area (Å²) in [5, 5.41) is 2.08. The maximum Gasteiger partial charge on any atom is 0.245 e. The Morgan fingerprint density at radius 2 is 2.30 bits per heavy atom. The van der Waals surface area contributed by atoms with Crippen LogP contribution in [0.4, 0.5) is 0 Å². The van der Waals surface area contributed by atoms with Crippen LogP contribution in [0.2, 0.25) is 0 Å². The molecule has 0 aromatic carbocycles. The fraction of sp³-hybridized carbons (Fsp3) is 0.308. The number of ether oxygens (including phenoxy) is 1. The molecule has 0 saturated heterocycles. The van der Waals surface area contributed by atoms with Crippen LogP contribution in [0, 0.1) is 0 Å². The second-order valence-electron chi connectivity index (χ2n) is 4.20. The first-order valence-electron chi connectivity index (χ1n) is 6.16. The van der Waals surface area contributed by atoms with E-state index in [4.69, 9.17) is 16.3 Å². The normalized spacial score (nSPS) is 11.1. The molecule has 0 bridgehead atoms. The molecule has 0 N–H and O–H groups in total. The summed E-state index contributed by atoms with van der Waals surface area (Å²) in [4.78, 5) is 14.2. The molecule has 0 amide bonds. The van der Waals surface area contributed by atoms with Gasteiger partial charge in [-0.25, -0.2) is 9.97 Å². The monoisotopic (exact) mass is 308 g/mol. The van der Waals surface area contributed by atoms with Gasteiger partial charge in [0.25, 0.3) is 0 Å². The minimum Gasteiger partial charge on any atom is -0.479 e. The van der Waals surface area contributed by atoms with Gasteiger partial charge in [0, 0.05) is 11.4 Å². The molecule has 0 radical (unpaired) electrons. The second kappa shape index (κ2) is 5.76. The largest absolute Gasteiger partial charge is 0.479 e. The number of fused-ring (bicyclic) bond motifs is 1. The number of nitrogens with zero attached hydrogens (tertiary/aromatic N) is 4. The van der Waals surface area contributed by atoms with E-state index in [1.165, 1.54) is 11.2 Å². The summed E-state index contributed by atoms with van der Waals surface area (Å²) >= 11 is 7.74. The number of halogens is 1. The van der Waals surface area contributed by atoms with E-state index in [-0.39, 0.29) is 0 Å². The molecular formula is C13H13ClN4OS. The highest BCUT2D eigenvalue weighted by molar-refractivity contribution is 7.09. The topological polar surface area (TPSA) is 52.8 Å². The molecule has 3 aromatic heterocycles. The number of aromatic nitrogens is 4. The van der Waals surface area contributed by atoms with Gasteiger partial charge in [-0.3, -0.25) is 0 Å². The molecule has 5 nitrogen and oxygen atoms in total. The molecule has 20 heavy (non-hydrogen) atoms. The van der Waals surface area contributed by atoms with Gasteiger partial charge in [0.2, 0.25) is 5.88 Å². The van der Waals surface area contributed by atoms with E-state index >= 15 is 0 Å². The Hall–Kier alpha value is -1.66. The maximum absolute atomic E-state index is 5.99. The van der Waals surface area contributed by atoms with Crippen LogP contribution >= 0.6 is 22.9 Å². The smallest absolute Gasteiger partial charge is 0.245 e. The molecule has 0 spiro atoms. The van der Waals surface area contributed by atoms with Gasteiger partial charge >= 0.3 is 0 Å². The molecule has 104 valence electrons. The Bertz CT molecular complexity index is 711. The van der Waals surface area contributed by atoms with Crippen LogP contribution in [0.25, 0.3) is 11.2 Å². The van der Waals surface area contributed by atoms with Gasteiger partial charge in [-0.1, -0.05) is 6.07 Å². The van der Waals surface area contributed by atoms with Gasteiger partial charge in [-0.05, 0) is 17.9 Å². The molecule has 0 aliphatic heterocycles. The first-order valence-corrected chi connectivity index (χ1v) is 7.57. The van der Waals surface area contributed by atoms with E-state index in [1.807, 2.05) is 4.57 Å². The van der Waals surface area contributed by atoms with E-state index in [1.54, 1.807) is 18.4 Å². The Morgan fingerprint density at radius 3 is 3.00 bits per heavy atom. The molecule has 0 aliphatic rings. The molecule has 0 fully saturated rings.